The Morgan fingerprint density at radius 3 is 2.41 bits per heavy atom. The summed E-state index contributed by atoms with van der Waals surface area (Å²) in [5.74, 6) is -2.80. The van der Waals surface area contributed by atoms with Crippen LogP contribution in [-0.4, -0.2) is 22.8 Å². The van der Waals surface area contributed by atoms with Gasteiger partial charge in [-0.05, 0) is 23.3 Å². The second-order valence-corrected chi connectivity index (χ2v) is 6.14. The maximum atomic E-state index is 13.4. The van der Waals surface area contributed by atoms with Crippen molar-refractivity contribution in [2.75, 3.05) is 0 Å². The number of primary amides is 1. The highest BCUT2D eigenvalue weighted by Gasteiger charge is 2.30. The molecule has 0 radical (unpaired) electrons. The predicted octanol–water partition coefficient (Wildman–Crippen LogP) is 2.51. The lowest BCUT2D eigenvalue weighted by molar-refractivity contribution is -0.387. The summed E-state index contributed by atoms with van der Waals surface area (Å²) in [5.41, 5.74) is 3.73. The molecule has 2 aromatic rings. The molecule has 0 aliphatic carbocycles. The fourth-order valence-corrected chi connectivity index (χ4v) is 2.57. The summed E-state index contributed by atoms with van der Waals surface area (Å²) in [5, 5.41) is 13.1. The lowest BCUT2D eigenvalue weighted by Crippen LogP contribution is -2.46. The molecule has 154 valence electrons. The van der Waals surface area contributed by atoms with Crippen LogP contribution in [0.25, 0.3) is 0 Å². The van der Waals surface area contributed by atoms with Gasteiger partial charge in [0, 0.05) is 12.5 Å². The Labute approximate surface area is 161 Å². The van der Waals surface area contributed by atoms with Gasteiger partial charge < -0.3 is 11.1 Å². The number of nitrogens with zero attached hydrogens (tertiary/aromatic N) is 1. The van der Waals surface area contributed by atoms with Crippen molar-refractivity contribution >= 4 is 17.5 Å². The average Bonchev–Trinajstić information content (AvgIpc) is 2.61. The molecule has 2 aromatic carbocycles. The SMILES string of the molecule is NC(=O)[C@H](Cc1ccc(F)c([N+](=O)[O-])c1)NC(=O)Cc1cccc(C(F)(F)F)c1. The Balaban J connectivity index is 2.11. The molecule has 0 aromatic heterocycles. The molecule has 11 heteroatoms. The zero-order valence-electron chi connectivity index (χ0n) is 14.7. The number of nitro groups is 1. The maximum Gasteiger partial charge on any atom is 0.416 e. The zero-order valence-corrected chi connectivity index (χ0v) is 14.7. The van der Waals surface area contributed by atoms with Crippen LogP contribution in [-0.2, 0) is 28.6 Å². The Morgan fingerprint density at radius 2 is 1.83 bits per heavy atom. The van der Waals surface area contributed by atoms with Crippen LogP contribution >= 0.6 is 0 Å². The monoisotopic (exact) mass is 413 g/mol. The number of carbonyl (C=O) groups is 2. The summed E-state index contributed by atoms with van der Waals surface area (Å²) in [6.07, 6.45) is -5.28. The third kappa shape index (κ3) is 5.99. The molecule has 0 fully saturated rings. The highest BCUT2D eigenvalue weighted by atomic mass is 19.4. The Bertz CT molecular complexity index is 947. The summed E-state index contributed by atoms with van der Waals surface area (Å²) in [6, 6.07) is 5.78. The quantitative estimate of drug-likeness (QED) is 0.412. The van der Waals surface area contributed by atoms with Crippen LogP contribution in [0.15, 0.2) is 42.5 Å². The van der Waals surface area contributed by atoms with Crippen molar-refractivity contribution in [3.05, 3.63) is 75.1 Å². The van der Waals surface area contributed by atoms with Gasteiger partial charge in [0.15, 0.2) is 0 Å². The lowest BCUT2D eigenvalue weighted by Gasteiger charge is -2.16. The number of hydrogen-bond acceptors (Lipinski definition) is 4. The van der Waals surface area contributed by atoms with Crippen molar-refractivity contribution < 1.29 is 32.1 Å². The molecule has 0 saturated carbocycles. The molecule has 0 aliphatic heterocycles. The largest absolute Gasteiger partial charge is 0.416 e. The van der Waals surface area contributed by atoms with Gasteiger partial charge in [-0.2, -0.15) is 17.6 Å². The number of rotatable bonds is 7. The average molecular weight is 413 g/mol. The van der Waals surface area contributed by atoms with E-state index in [0.29, 0.717) is 0 Å². The number of hydrogen-bond donors (Lipinski definition) is 2. The summed E-state index contributed by atoms with van der Waals surface area (Å²) in [7, 11) is 0. The zero-order chi connectivity index (χ0) is 21.8. The molecule has 0 bridgehead atoms. The summed E-state index contributed by atoms with van der Waals surface area (Å²) in [6.45, 7) is 0. The number of amides is 2. The van der Waals surface area contributed by atoms with E-state index >= 15 is 0 Å². The van der Waals surface area contributed by atoms with Gasteiger partial charge in [0.05, 0.1) is 16.9 Å². The standard InChI is InChI=1S/C18H15F4N3O4/c19-13-5-4-11(8-15(13)25(28)29)7-14(17(23)27)24-16(26)9-10-2-1-3-12(6-10)18(20,21)22/h1-6,8,14H,7,9H2,(H2,23,27)(H,24,26)/t14-/m0/s1. The van der Waals surface area contributed by atoms with Gasteiger partial charge in [0.1, 0.15) is 6.04 Å². The van der Waals surface area contributed by atoms with Crippen LogP contribution in [0.2, 0.25) is 0 Å². The van der Waals surface area contributed by atoms with Crippen LogP contribution in [0.3, 0.4) is 0 Å². The fraction of sp³-hybridized carbons (Fsp3) is 0.222. The third-order valence-corrected chi connectivity index (χ3v) is 3.94. The van der Waals surface area contributed by atoms with Gasteiger partial charge in [-0.15, -0.1) is 0 Å². The number of halogens is 4. The molecule has 1 atom stereocenters. The second-order valence-electron chi connectivity index (χ2n) is 6.14. The third-order valence-electron chi connectivity index (χ3n) is 3.94. The highest BCUT2D eigenvalue weighted by Crippen LogP contribution is 2.29. The van der Waals surface area contributed by atoms with Crippen molar-refractivity contribution in [1.82, 2.24) is 5.32 Å². The Kier molecular flexibility index (Phi) is 6.52. The molecule has 0 unspecified atom stereocenters. The van der Waals surface area contributed by atoms with Crippen molar-refractivity contribution in [3.63, 3.8) is 0 Å². The molecule has 29 heavy (non-hydrogen) atoms. The molecular weight excluding hydrogens is 398 g/mol. The minimum atomic E-state index is -4.57. The first kappa shape index (κ1) is 21.8. The Hall–Kier alpha value is -3.50. The van der Waals surface area contributed by atoms with Crippen molar-refractivity contribution in [2.24, 2.45) is 5.73 Å². The lowest BCUT2D eigenvalue weighted by atomic mass is 10.0. The van der Waals surface area contributed by atoms with E-state index in [-0.39, 0.29) is 17.5 Å². The van der Waals surface area contributed by atoms with Crippen LogP contribution in [0.1, 0.15) is 16.7 Å². The van der Waals surface area contributed by atoms with Crippen molar-refractivity contribution in [2.45, 2.75) is 25.1 Å². The highest BCUT2D eigenvalue weighted by molar-refractivity contribution is 5.87. The van der Waals surface area contributed by atoms with E-state index in [2.05, 4.69) is 5.32 Å². The number of alkyl halides is 3. The smallest absolute Gasteiger partial charge is 0.368 e. The fourth-order valence-electron chi connectivity index (χ4n) is 2.57. The van der Waals surface area contributed by atoms with Gasteiger partial charge >= 0.3 is 11.9 Å². The van der Waals surface area contributed by atoms with E-state index < -0.39 is 52.4 Å². The number of nitrogens with two attached hydrogens (primary N) is 1. The van der Waals surface area contributed by atoms with Crippen LogP contribution < -0.4 is 11.1 Å². The second kappa shape index (κ2) is 8.67. The molecule has 2 rings (SSSR count). The summed E-state index contributed by atoms with van der Waals surface area (Å²) < 4.78 is 51.6. The van der Waals surface area contributed by atoms with Crippen LogP contribution in [0.4, 0.5) is 23.2 Å². The van der Waals surface area contributed by atoms with Gasteiger partial charge in [-0.25, -0.2) is 0 Å². The molecule has 0 aliphatic rings. The van der Waals surface area contributed by atoms with E-state index in [1.807, 2.05) is 0 Å². The Morgan fingerprint density at radius 1 is 1.14 bits per heavy atom. The van der Waals surface area contributed by atoms with Gasteiger partial charge in [0.2, 0.25) is 17.6 Å². The number of nitro benzene ring substituents is 1. The van der Waals surface area contributed by atoms with Crippen molar-refractivity contribution in [3.8, 4) is 0 Å². The minimum absolute atomic E-state index is 0.0676. The molecule has 0 spiro atoms. The van der Waals surface area contributed by atoms with Gasteiger partial charge in [0.25, 0.3) is 0 Å². The first-order valence-electron chi connectivity index (χ1n) is 8.15. The topological polar surface area (TPSA) is 115 Å². The maximum absolute atomic E-state index is 13.4. The van der Waals surface area contributed by atoms with Gasteiger partial charge in [-0.1, -0.05) is 24.3 Å². The van der Waals surface area contributed by atoms with E-state index in [4.69, 9.17) is 5.73 Å². The van der Waals surface area contributed by atoms with E-state index in [1.54, 1.807) is 0 Å². The predicted molar refractivity (Wildman–Crippen MR) is 93.0 cm³/mol. The number of benzene rings is 2. The summed E-state index contributed by atoms with van der Waals surface area (Å²) >= 11 is 0. The molecule has 0 saturated heterocycles. The first-order valence-corrected chi connectivity index (χ1v) is 8.15. The van der Waals surface area contributed by atoms with Crippen LogP contribution in [0.5, 0.6) is 0 Å². The van der Waals surface area contributed by atoms with E-state index in [1.165, 1.54) is 12.1 Å². The number of nitrogens with one attached hydrogen (secondary N) is 1. The number of carbonyl (C=O) groups excluding carboxylic acids is 2. The van der Waals surface area contributed by atoms with Crippen LogP contribution in [0, 0.1) is 15.9 Å². The molecule has 2 amide bonds. The molecule has 0 heterocycles. The molecule has 3 N–H and O–H groups in total. The van der Waals surface area contributed by atoms with Gasteiger partial charge in [-0.3, -0.25) is 19.7 Å². The molecular formula is C18H15F4N3O4. The summed E-state index contributed by atoms with van der Waals surface area (Å²) in [4.78, 5) is 33.6. The molecule has 7 nitrogen and oxygen atoms in total. The van der Waals surface area contributed by atoms with Crippen molar-refractivity contribution in [1.29, 1.82) is 0 Å². The first-order chi connectivity index (χ1) is 13.5. The van der Waals surface area contributed by atoms with E-state index in [9.17, 15) is 37.3 Å². The minimum Gasteiger partial charge on any atom is -0.368 e. The normalized spacial score (nSPS) is 12.3. The van der Waals surface area contributed by atoms with E-state index in [0.717, 1.165) is 30.3 Å².